The SMILES string of the molecule is O=NN1CN([N+](=O)O)CCC[N+]([N+](=O)[O-])([N+]2([N+](=O)[O-])CCCN([N+](=O)[O-])CN([N+](=O)[O-])C2)C1. The van der Waals surface area contributed by atoms with Gasteiger partial charge in [-0.3, -0.25) is 0 Å². The van der Waals surface area contributed by atoms with Gasteiger partial charge in [-0.25, -0.2) is 45.7 Å². The summed E-state index contributed by atoms with van der Waals surface area (Å²) in [6, 6.07) is 0. The monoisotopic (exact) mass is 485 g/mol. The summed E-state index contributed by atoms with van der Waals surface area (Å²) in [5, 5.41) is 55.7. The topological polar surface area (TPSA) is 255 Å². The third-order valence-corrected chi connectivity index (χ3v) is 5.42. The summed E-state index contributed by atoms with van der Waals surface area (Å²) in [6.07, 6.45) is -0.604. The summed E-state index contributed by atoms with van der Waals surface area (Å²) in [4.78, 5) is 69.8. The fraction of sp³-hybridized carbons (Fsp3) is 1.00. The lowest BCUT2D eigenvalue weighted by molar-refractivity contribution is -1.78. The highest BCUT2D eigenvalue weighted by Gasteiger charge is 2.73. The lowest BCUT2D eigenvalue weighted by atomic mass is 10.3. The molecule has 2 heterocycles. The molecule has 2 aliphatic heterocycles. The fourth-order valence-corrected chi connectivity index (χ4v) is 3.86. The largest absolute Gasteiger partial charge is 0.359 e. The molecule has 23 nitrogen and oxygen atoms in total. The Morgan fingerprint density at radius 1 is 0.727 bits per heavy atom. The van der Waals surface area contributed by atoms with Crippen molar-refractivity contribution >= 4 is 0 Å². The normalized spacial score (nSPS) is 26.9. The standard InChI is InChI=1S/C10H21N12O11/c23-11-12-7-13(16(24)25)3-1-5-21(9-12,19(30)31)22(20(32)33)6-2-4-14(17(26)27)8-15(10-22)18(28)29/h1-10H2,(H,24,25)/q+3. The fourth-order valence-electron chi connectivity index (χ4n) is 3.86. The minimum Gasteiger partial charge on any atom is -0.235 e. The van der Waals surface area contributed by atoms with E-state index in [4.69, 9.17) is 5.21 Å². The molecule has 33 heavy (non-hydrogen) atoms. The van der Waals surface area contributed by atoms with Crippen molar-refractivity contribution in [3.8, 4) is 0 Å². The van der Waals surface area contributed by atoms with Gasteiger partial charge in [0.15, 0.2) is 39.2 Å². The maximum Gasteiger partial charge on any atom is 0.359 e. The molecule has 0 spiro atoms. The summed E-state index contributed by atoms with van der Waals surface area (Å²) in [6.45, 7) is -6.40. The van der Waals surface area contributed by atoms with Crippen molar-refractivity contribution in [3.05, 3.63) is 50.3 Å². The average Bonchev–Trinajstić information content (AvgIpc) is 2.67. The van der Waals surface area contributed by atoms with Crippen LogP contribution in [0.4, 0.5) is 0 Å². The number of nitrogens with zero attached hydrogens (tertiary/aromatic N) is 12. The molecule has 2 rings (SSSR count). The van der Waals surface area contributed by atoms with Gasteiger partial charge >= 0.3 is 11.7 Å². The lowest BCUT2D eigenvalue weighted by Gasteiger charge is -2.39. The Hall–Kier alpha value is -4.28. The van der Waals surface area contributed by atoms with E-state index in [1.165, 1.54) is 0 Å². The van der Waals surface area contributed by atoms with Crippen molar-refractivity contribution in [1.82, 2.24) is 20.0 Å². The highest BCUT2D eigenvalue weighted by Crippen LogP contribution is 2.30. The van der Waals surface area contributed by atoms with Crippen molar-refractivity contribution in [2.45, 2.75) is 12.8 Å². The molecular weight excluding hydrogens is 464 g/mol. The predicted octanol–water partition coefficient (Wildman–Crippen LogP) is -2.09. The number of quaternary nitrogens is 2. The Labute approximate surface area is 182 Å². The second-order valence-electron chi connectivity index (χ2n) is 7.24. The molecule has 0 saturated carbocycles. The Morgan fingerprint density at radius 3 is 1.64 bits per heavy atom. The number of nitroso groups, excluding NO2 is 1. The van der Waals surface area contributed by atoms with E-state index < -0.39 is 80.9 Å². The third kappa shape index (κ3) is 4.66. The first-order valence-electron chi connectivity index (χ1n) is 9.22. The highest BCUT2D eigenvalue weighted by molar-refractivity contribution is 4.52. The quantitative estimate of drug-likeness (QED) is 0.175. The number of hydrazine groups is 3. The van der Waals surface area contributed by atoms with Gasteiger partial charge in [0.2, 0.25) is 6.67 Å². The molecule has 0 amide bonds. The number of hydrogen-bond acceptors (Lipinski definition) is 11. The van der Waals surface area contributed by atoms with Gasteiger partial charge in [0.25, 0.3) is 16.7 Å². The third-order valence-electron chi connectivity index (χ3n) is 5.42. The highest BCUT2D eigenvalue weighted by atomic mass is 16.8. The van der Waals surface area contributed by atoms with E-state index in [-0.39, 0.29) is 24.4 Å². The van der Waals surface area contributed by atoms with Gasteiger partial charge in [-0.15, -0.1) is 9.92 Å². The molecule has 0 aromatic heterocycles. The zero-order valence-electron chi connectivity index (χ0n) is 17.0. The van der Waals surface area contributed by atoms with Gasteiger partial charge in [0, 0.05) is 12.8 Å². The summed E-state index contributed by atoms with van der Waals surface area (Å²) >= 11 is 0. The van der Waals surface area contributed by atoms with Crippen molar-refractivity contribution in [2.75, 3.05) is 52.9 Å². The summed E-state index contributed by atoms with van der Waals surface area (Å²) in [5.41, 5.74) is 0. The first kappa shape index (κ1) is 25.0. The second-order valence-corrected chi connectivity index (χ2v) is 7.24. The molecule has 2 aliphatic rings. The minimum absolute atomic E-state index is 0.116. The average molecular weight is 485 g/mol. The van der Waals surface area contributed by atoms with Crippen LogP contribution in [0.1, 0.15) is 12.8 Å². The van der Waals surface area contributed by atoms with Crippen LogP contribution in [0.3, 0.4) is 0 Å². The smallest absolute Gasteiger partial charge is 0.235 e. The van der Waals surface area contributed by atoms with Crippen LogP contribution in [0.15, 0.2) is 5.29 Å². The zero-order valence-corrected chi connectivity index (χ0v) is 17.0. The van der Waals surface area contributed by atoms with Crippen LogP contribution in [0.2, 0.25) is 0 Å². The van der Waals surface area contributed by atoms with Crippen LogP contribution in [0.5, 0.6) is 0 Å². The van der Waals surface area contributed by atoms with Gasteiger partial charge in [0.1, 0.15) is 4.91 Å². The van der Waals surface area contributed by atoms with Gasteiger partial charge in [-0.1, -0.05) is 5.01 Å². The van der Waals surface area contributed by atoms with Crippen molar-refractivity contribution in [2.24, 2.45) is 5.29 Å². The Bertz CT molecular complexity index is 843. The first-order valence-corrected chi connectivity index (χ1v) is 9.22. The Balaban J connectivity index is 2.61. The summed E-state index contributed by atoms with van der Waals surface area (Å²) in [7, 11) is 0. The molecular formula is C10H21N12O11+3. The van der Waals surface area contributed by atoms with Gasteiger partial charge in [-0.2, -0.15) is 5.01 Å². The van der Waals surface area contributed by atoms with Crippen LogP contribution in [0.25, 0.3) is 0 Å². The van der Waals surface area contributed by atoms with E-state index in [1.807, 2.05) is 0 Å². The number of nitro groups is 4. The molecule has 0 aromatic rings. The van der Waals surface area contributed by atoms with Crippen LogP contribution in [-0.2, 0) is 0 Å². The van der Waals surface area contributed by atoms with Crippen LogP contribution in [-0.4, -0.2) is 113 Å². The van der Waals surface area contributed by atoms with E-state index in [2.05, 4.69) is 5.29 Å². The molecule has 2 fully saturated rings. The number of rotatable bonds is 7. The van der Waals surface area contributed by atoms with E-state index in [9.17, 15) is 50.3 Å². The predicted molar refractivity (Wildman–Crippen MR) is 95.2 cm³/mol. The number of hydrogen-bond donors (Lipinski definition) is 1. The Kier molecular flexibility index (Phi) is 7.17. The van der Waals surface area contributed by atoms with Gasteiger partial charge in [0.05, 0.1) is 18.4 Å². The molecule has 0 radical (unpaired) electrons. The molecule has 2 unspecified atom stereocenters. The minimum atomic E-state index is -1.80. The maximum absolute atomic E-state index is 12.3. The van der Waals surface area contributed by atoms with Crippen molar-refractivity contribution in [3.63, 3.8) is 0 Å². The first-order chi connectivity index (χ1) is 15.4. The van der Waals surface area contributed by atoms with Gasteiger partial charge in [-0.05, 0) is 5.01 Å². The van der Waals surface area contributed by atoms with E-state index in [0.29, 0.717) is 15.0 Å². The van der Waals surface area contributed by atoms with Crippen LogP contribution >= 0.6 is 0 Å². The van der Waals surface area contributed by atoms with E-state index in [1.54, 1.807) is 0 Å². The van der Waals surface area contributed by atoms with Crippen LogP contribution < -0.4 is 0 Å². The Morgan fingerprint density at radius 2 is 1.21 bits per heavy atom. The zero-order chi connectivity index (χ0) is 25.0. The lowest BCUT2D eigenvalue weighted by Crippen LogP contribution is -2.82. The molecule has 0 aromatic carbocycles. The van der Waals surface area contributed by atoms with E-state index >= 15 is 0 Å². The van der Waals surface area contributed by atoms with Crippen LogP contribution in [0, 0.1) is 50.3 Å². The molecule has 184 valence electrons. The molecule has 0 aliphatic carbocycles. The maximum atomic E-state index is 12.3. The molecule has 1 N–H and O–H groups in total. The second kappa shape index (κ2) is 9.47. The molecule has 2 atom stereocenters. The van der Waals surface area contributed by atoms with E-state index in [0.717, 1.165) is 0 Å². The summed E-state index contributed by atoms with van der Waals surface area (Å²) in [5.74, 6) is 0. The molecule has 2 saturated heterocycles. The molecule has 0 bridgehead atoms. The molecule has 23 heteroatoms. The van der Waals surface area contributed by atoms with Crippen molar-refractivity contribution < 1.29 is 39.8 Å². The van der Waals surface area contributed by atoms with Crippen molar-refractivity contribution in [1.29, 1.82) is 0 Å². The van der Waals surface area contributed by atoms with Gasteiger partial charge < -0.3 is 0 Å². The summed E-state index contributed by atoms with van der Waals surface area (Å²) < 4.78 is -3.55.